The van der Waals surface area contributed by atoms with E-state index in [0.717, 1.165) is 37.3 Å². The molecule has 0 aromatic heterocycles. The molecule has 0 bridgehead atoms. The first-order chi connectivity index (χ1) is 15.8. The molecule has 4 rings (SSSR count). The van der Waals surface area contributed by atoms with E-state index in [1.807, 2.05) is 0 Å². The number of nitro groups is 2. The molecule has 174 valence electrons. The molecule has 2 aliphatic rings. The number of rotatable bonds is 5. The summed E-state index contributed by atoms with van der Waals surface area (Å²) in [5.41, 5.74) is 1.96. The first kappa shape index (κ1) is 22.5. The van der Waals surface area contributed by atoms with Gasteiger partial charge in [-0.05, 0) is 37.0 Å². The Bertz CT molecular complexity index is 1040. The minimum atomic E-state index is -0.467. The normalized spacial score (nSPS) is 17.2. The van der Waals surface area contributed by atoms with Gasteiger partial charge in [0.05, 0.1) is 21.1 Å². The summed E-state index contributed by atoms with van der Waals surface area (Å²) in [5.74, 6) is 0.432. The number of anilines is 2. The Morgan fingerprint density at radius 3 is 1.97 bits per heavy atom. The number of piperazine rings is 1. The standard InChI is InChI=1S/C23H27N5O5/c1-17-8-10-25(11-9-17)22-7-6-20(28(32)33)16-21(22)23(29)26-14-12-24(13-15-26)18-2-4-19(5-3-18)27(30)31/h2-7,16-17H,8-15H2,1H3. The van der Waals surface area contributed by atoms with Gasteiger partial charge >= 0.3 is 0 Å². The molecular weight excluding hydrogens is 426 g/mol. The van der Waals surface area contributed by atoms with Crippen molar-refractivity contribution in [3.8, 4) is 0 Å². The zero-order valence-corrected chi connectivity index (χ0v) is 18.6. The molecule has 0 saturated carbocycles. The van der Waals surface area contributed by atoms with Crippen LogP contribution in [0.15, 0.2) is 42.5 Å². The number of nitro benzene ring substituents is 2. The largest absolute Gasteiger partial charge is 0.371 e. The first-order valence-corrected chi connectivity index (χ1v) is 11.2. The quantitative estimate of drug-likeness (QED) is 0.501. The average molecular weight is 453 g/mol. The van der Waals surface area contributed by atoms with Gasteiger partial charge in [0.25, 0.3) is 17.3 Å². The summed E-state index contributed by atoms with van der Waals surface area (Å²) < 4.78 is 0. The van der Waals surface area contributed by atoms with Crippen LogP contribution in [-0.4, -0.2) is 59.9 Å². The van der Waals surface area contributed by atoms with Crippen LogP contribution < -0.4 is 9.80 Å². The zero-order valence-electron chi connectivity index (χ0n) is 18.6. The van der Waals surface area contributed by atoms with Gasteiger partial charge in [0, 0.05) is 69.2 Å². The van der Waals surface area contributed by atoms with Gasteiger partial charge in [-0.3, -0.25) is 25.0 Å². The SMILES string of the molecule is CC1CCN(c2ccc([N+](=O)[O-])cc2C(=O)N2CCN(c3ccc([N+](=O)[O-])cc3)CC2)CC1. The van der Waals surface area contributed by atoms with Gasteiger partial charge in [-0.15, -0.1) is 0 Å². The monoisotopic (exact) mass is 453 g/mol. The molecule has 0 aliphatic carbocycles. The van der Waals surface area contributed by atoms with E-state index in [4.69, 9.17) is 0 Å². The summed E-state index contributed by atoms with van der Waals surface area (Å²) in [6.07, 6.45) is 2.05. The van der Waals surface area contributed by atoms with Crippen LogP contribution in [0.1, 0.15) is 30.1 Å². The minimum Gasteiger partial charge on any atom is -0.371 e. The predicted octanol–water partition coefficient (Wildman–Crippen LogP) is 3.70. The third kappa shape index (κ3) is 4.89. The van der Waals surface area contributed by atoms with Gasteiger partial charge in [-0.2, -0.15) is 0 Å². The van der Waals surface area contributed by atoms with E-state index >= 15 is 0 Å². The third-order valence-corrected chi connectivity index (χ3v) is 6.54. The average Bonchev–Trinajstić information content (AvgIpc) is 2.84. The molecule has 2 saturated heterocycles. The molecule has 0 spiro atoms. The number of hydrogen-bond acceptors (Lipinski definition) is 7. The van der Waals surface area contributed by atoms with Crippen LogP contribution in [0, 0.1) is 26.1 Å². The van der Waals surface area contributed by atoms with Gasteiger partial charge in [0.15, 0.2) is 0 Å². The van der Waals surface area contributed by atoms with Crippen LogP contribution in [0.5, 0.6) is 0 Å². The molecule has 2 aliphatic heterocycles. The minimum absolute atomic E-state index is 0.0397. The summed E-state index contributed by atoms with van der Waals surface area (Å²) in [7, 11) is 0. The van der Waals surface area contributed by atoms with Crippen molar-refractivity contribution in [2.45, 2.75) is 19.8 Å². The van der Waals surface area contributed by atoms with Crippen LogP contribution in [0.2, 0.25) is 0 Å². The van der Waals surface area contributed by atoms with Crippen molar-refractivity contribution in [2.24, 2.45) is 5.92 Å². The van der Waals surface area contributed by atoms with Crippen LogP contribution in [-0.2, 0) is 0 Å². The molecule has 0 N–H and O–H groups in total. The predicted molar refractivity (Wildman–Crippen MR) is 125 cm³/mol. The Balaban J connectivity index is 1.50. The first-order valence-electron chi connectivity index (χ1n) is 11.2. The topological polar surface area (TPSA) is 113 Å². The van der Waals surface area contributed by atoms with E-state index in [1.54, 1.807) is 23.1 Å². The van der Waals surface area contributed by atoms with Gasteiger partial charge in [-0.1, -0.05) is 6.92 Å². The van der Waals surface area contributed by atoms with Crippen LogP contribution >= 0.6 is 0 Å². The maximum atomic E-state index is 13.4. The summed E-state index contributed by atoms with van der Waals surface area (Å²) in [6.45, 7) is 5.96. The van der Waals surface area contributed by atoms with E-state index < -0.39 is 9.85 Å². The second kappa shape index (κ2) is 9.43. The number of amides is 1. The molecule has 33 heavy (non-hydrogen) atoms. The lowest BCUT2D eigenvalue weighted by molar-refractivity contribution is -0.385. The summed E-state index contributed by atoms with van der Waals surface area (Å²) in [5, 5.41) is 22.2. The Labute approximate surface area is 191 Å². The maximum absolute atomic E-state index is 13.4. The van der Waals surface area contributed by atoms with Crippen molar-refractivity contribution < 1.29 is 14.6 Å². The fourth-order valence-electron chi connectivity index (χ4n) is 4.46. The van der Waals surface area contributed by atoms with Crippen molar-refractivity contribution in [3.63, 3.8) is 0 Å². The van der Waals surface area contributed by atoms with Crippen LogP contribution in [0.4, 0.5) is 22.7 Å². The lowest BCUT2D eigenvalue weighted by Crippen LogP contribution is -2.49. The number of piperidine rings is 1. The molecule has 2 aromatic carbocycles. The molecule has 0 atom stereocenters. The van der Waals surface area contributed by atoms with Gasteiger partial charge in [0.1, 0.15) is 0 Å². The number of carbonyl (C=O) groups excluding carboxylic acids is 1. The van der Waals surface area contributed by atoms with Gasteiger partial charge in [-0.25, -0.2) is 0 Å². The van der Waals surface area contributed by atoms with Crippen molar-refractivity contribution in [1.29, 1.82) is 0 Å². The van der Waals surface area contributed by atoms with Crippen LogP contribution in [0.3, 0.4) is 0 Å². The highest BCUT2D eigenvalue weighted by atomic mass is 16.6. The molecule has 2 aromatic rings. The van der Waals surface area contributed by atoms with E-state index in [2.05, 4.69) is 16.7 Å². The van der Waals surface area contributed by atoms with E-state index in [9.17, 15) is 25.0 Å². The van der Waals surface area contributed by atoms with E-state index in [1.165, 1.54) is 24.3 Å². The van der Waals surface area contributed by atoms with Crippen LogP contribution in [0.25, 0.3) is 0 Å². The number of non-ortho nitro benzene ring substituents is 2. The molecule has 1 amide bonds. The van der Waals surface area contributed by atoms with Crippen molar-refractivity contribution in [1.82, 2.24) is 4.90 Å². The van der Waals surface area contributed by atoms with Gasteiger partial charge < -0.3 is 14.7 Å². The maximum Gasteiger partial charge on any atom is 0.270 e. The smallest absolute Gasteiger partial charge is 0.270 e. The number of benzene rings is 2. The van der Waals surface area contributed by atoms with Gasteiger partial charge in [0.2, 0.25) is 0 Å². The van der Waals surface area contributed by atoms with E-state index in [-0.39, 0.29) is 17.3 Å². The molecule has 10 heteroatoms. The Kier molecular flexibility index (Phi) is 6.43. The Morgan fingerprint density at radius 1 is 0.818 bits per heavy atom. The molecule has 0 radical (unpaired) electrons. The number of carbonyl (C=O) groups is 1. The fourth-order valence-corrected chi connectivity index (χ4v) is 4.46. The molecule has 2 fully saturated rings. The number of hydrogen-bond donors (Lipinski definition) is 0. The van der Waals surface area contributed by atoms with Crippen molar-refractivity contribution in [2.75, 3.05) is 49.1 Å². The van der Waals surface area contributed by atoms with Crippen molar-refractivity contribution in [3.05, 3.63) is 68.3 Å². The second-order valence-corrected chi connectivity index (χ2v) is 8.68. The highest BCUT2D eigenvalue weighted by Gasteiger charge is 2.28. The van der Waals surface area contributed by atoms with Crippen molar-refractivity contribution >= 4 is 28.7 Å². The highest BCUT2D eigenvalue weighted by Crippen LogP contribution is 2.31. The second-order valence-electron chi connectivity index (χ2n) is 8.68. The lowest BCUT2D eigenvalue weighted by atomic mass is 9.97. The summed E-state index contributed by atoms with van der Waals surface area (Å²) in [4.78, 5) is 40.8. The molecule has 0 unspecified atom stereocenters. The Hall–Kier alpha value is -3.69. The number of nitrogens with zero attached hydrogens (tertiary/aromatic N) is 5. The third-order valence-electron chi connectivity index (χ3n) is 6.54. The highest BCUT2D eigenvalue weighted by molar-refractivity contribution is 6.00. The summed E-state index contributed by atoms with van der Waals surface area (Å²) in [6, 6.07) is 10.9. The Morgan fingerprint density at radius 2 is 1.39 bits per heavy atom. The fraction of sp³-hybridized carbons (Fsp3) is 0.435. The lowest BCUT2D eigenvalue weighted by Gasteiger charge is -2.37. The summed E-state index contributed by atoms with van der Waals surface area (Å²) >= 11 is 0. The van der Waals surface area contributed by atoms with E-state index in [0.29, 0.717) is 37.7 Å². The zero-order chi connectivity index (χ0) is 23.5. The molecular formula is C23H27N5O5. The molecule has 2 heterocycles. The molecule has 10 nitrogen and oxygen atoms in total.